The van der Waals surface area contributed by atoms with Gasteiger partial charge in [-0.15, -0.1) is 11.3 Å². The van der Waals surface area contributed by atoms with Crippen molar-refractivity contribution in [1.82, 2.24) is 5.32 Å². The Morgan fingerprint density at radius 1 is 1.28 bits per heavy atom. The third kappa shape index (κ3) is 2.85. The molecule has 4 heterocycles. The Hall–Kier alpha value is -3.26. The minimum absolute atomic E-state index is 0.225. The number of nitrogens with one attached hydrogen (secondary N) is 2. The van der Waals surface area contributed by atoms with Crippen molar-refractivity contribution in [1.29, 1.82) is 5.26 Å². The molecule has 1 aromatic heterocycles. The standard InChI is InChI=1S/C25H22ClN5O4S/c1-10-14(26)7-6-13-20(10)29-24(35)25(13)19-18(15(30-25)8-17(28)32)21(33)31(22(19)34)23-12(9-27)11-4-2-3-5-16(11)36-23/h6-7,15,18-19,30H,2-5,8H2,1H3,(H2,28,32)(H,29,35)/t15?,18-,19+,25?/m1/s1. The lowest BCUT2D eigenvalue weighted by Gasteiger charge is -2.29. The lowest BCUT2D eigenvalue weighted by Crippen LogP contribution is -2.53. The number of nitrogens with zero attached hydrogens (tertiary/aromatic N) is 2. The molecular weight excluding hydrogens is 502 g/mol. The number of thiophene rings is 1. The summed E-state index contributed by atoms with van der Waals surface area (Å²) in [5.74, 6) is -4.33. The Kier molecular flexibility index (Phi) is 5.06. The number of anilines is 2. The number of nitrogens with two attached hydrogens (primary N) is 1. The zero-order valence-corrected chi connectivity index (χ0v) is 20.9. The average Bonchev–Trinajstić information content (AvgIpc) is 3.52. The summed E-state index contributed by atoms with van der Waals surface area (Å²) in [6.07, 6.45) is 3.22. The Morgan fingerprint density at radius 2 is 2.03 bits per heavy atom. The van der Waals surface area contributed by atoms with Crippen LogP contribution in [0.2, 0.25) is 5.02 Å². The van der Waals surface area contributed by atoms with Gasteiger partial charge in [0.2, 0.25) is 23.6 Å². The van der Waals surface area contributed by atoms with E-state index in [0.29, 0.717) is 32.4 Å². The number of imide groups is 1. The van der Waals surface area contributed by atoms with E-state index in [-0.39, 0.29) is 6.42 Å². The van der Waals surface area contributed by atoms with Crippen molar-refractivity contribution in [3.63, 3.8) is 0 Å². The molecule has 1 aromatic carbocycles. The first-order valence-electron chi connectivity index (χ1n) is 11.8. The zero-order chi connectivity index (χ0) is 25.5. The molecule has 4 aliphatic rings. The quantitative estimate of drug-likeness (QED) is 0.526. The van der Waals surface area contributed by atoms with Gasteiger partial charge in [-0.2, -0.15) is 5.26 Å². The molecule has 0 bridgehead atoms. The van der Waals surface area contributed by atoms with E-state index < -0.39 is 47.0 Å². The Labute approximate surface area is 215 Å². The predicted octanol–water partition coefficient (Wildman–Crippen LogP) is 2.26. The second kappa shape index (κ2) is 7.87. The number of carbonyl (C=O) groups is 4. The number of amides is 4. The summed E-state index contributed by atoms with van der Waals surface area (Å²) in [6, 6.07) is 4.70. The zero-order valence-electron chi connectivity index (χ0n) is 19.3. The molecule has 6 rings (SSSR count). The number of benzene rings is 1. The third-order valence-electron chi connectivity index (χ3n) is 7.97. The van der Waals surface area contributed by atoms with Crippen molar-refractivity contribution in [2.45, 2.75) is 50.6 Å². The van der Waals surface area contributed by atoms with Gasteiger partial charge >= 0.3 is 0 Å². The maximum atomic E-state index is 14.1. The van der Waals surface area contributed by atoms with Crippen LogP contribution in [-0.2, 0) is 37.6 Å². The number of halogens is 1. The van der Waals surface area contributed by atoms with Crippen LogP contribution in [0, 0.1) is 30.1 Å². The number of hydrogen-bond acceptors (Lipinski definition) is 7. The molecule has 4 amide bonds. The van der Waals surface area contributed by atoms with Crippen molar-refractivity contribution < 1.29 is 19.2 Å². The van der Waals surface area contributed by atoms with E-state index in [9.17, 15) is 24.4 Å². The summed E-state index contributed by atoms with van der Waals surface area (Å²) in [4.78, 5) is 55.7. The summed E-state index contributed by atoms with van der Waals surface area (Å²) in [5.41, 5.74) is 6.82. The number of fused-ring (bicyclic) bond motifs is 5. The molecule has 4 atom stereocenters. The van der Waals surface area contributed by atoms with Crippen molar-refractivity contribution in [2.24, 2.45) is 17.6 Å². The maximum absolute atomic E-state index is 14.1. The Balaban J connectivity index is 1.53. The number of nitriles is 1. The van der Waals surface area contributed by atoms with E-state index >= 15 is 0 Å². The van der Waals surface area contributed by atoms with E-state index in [1.165, 1.54) is 11.3 Å². The fourth-order valence-electron chi connectivity index (χ4n) is 6.41. The minimum atomic E-state index is -1.57. The summed E-state index contributed by atoms with van der Waals surface area (Å²) in [5, 5.41) is 16.7. The monoisotopic (exact) mass is 523 g/mol. The molecule has 4 N–H and O–H groups in total. The summed E-state index contributed by atoms with van der Waals surface area (Å²) in [6.45, 7) is 1.76. The largest absolute Gasteiger partial charge is 0.370 e. The molecule has 0 radical (unpaired) electrons. The van der Waals surface area contributed by atoms with E-state index in [4.69, 9.17) is 17.3 Å². The van der Waals surface area contributed by atoms with Gasteiger partial charge in [0.15, 0.2) is 0 Å². The van der Waals surface area contributed by atoms with E-state index in [2.05, 4.69) is 16.7 Å². The summed E-state index contributed by atoms with van der Waals surface area (Å²) >= 11 is 7.59. The molecular formula is C25H22ClN5O4S. The number of rotatable bonds is 3. The van der Waals surface area contributed by atoms with Gasteiger partial charge in [0.05, 0.1) is 23.1 Å². The highest BCUT2D eigenvalue weighted by Gasteiger charge is 2.71. The second-order valence-corrected chi connectivity index (χ2v) is 11.3. The average molecular weight is 524 g/mol. The van der Waals surface area contributed by atoms with Crippen LogP contribution in [0.1, 0.15) is 46.4 Å². The fourth-order valence-corrected chi connectivity index (χ4v) is 7.91. The highest BCUT2D eigenvalue weighted by atomic mass is 35.5. The SMILES string of the molecule is Cc1c(Cl)ccc2c1NC(=O)C21NC(CC(N)=O)[C@H]2C(=O)N(c3sc4c(c3C#N)CCCC4)C(=O)[C@H]21. The third-order valence-corrected chi connectivity index (χ3v) is 9.66. The van der Waals surface area contributed by atoms with Crippen molar-refractivity contribution >= 4 is 57.3 Å². The molecule has 9 nitrogen and oxygen atoms in total. The molecule has 36 heavy (non-hydrogen) atoms. The highest BCUT2D eigenvalue weighted by molar-refractivity contribution is 7.17. The van der Waals surface area contributed by atoms with Gasteiger partial charge in [-0.1, -0.05) is 17.7 Å². The van der Waals surface area contributed by atoms with Crippen LogP contribution >= 0.6 is 22.9 Å². The topological polar surface area (TPSA) is 145 Å². The normalized spacial score (nSPS) is 28.2. The minimum Gasteiger partial charge on any atom is -0.370 e. The molecule has 2 aromatic rings. The molecule has 2 fully saturated rings. The van der Waals surface area contributed by atoms with Gasteiger partial charge in [0.25, 0.3) is 0 Å². The lowest BCUT2D eigenvalue weighted by atomic mass is 9.76. The van der Waals surface area contributed by atoms with Crippen LogP contribution in [0.15, 0.2) is 12.1 Å². The van der Waals surface area contributed by atoms with Gasteiger partial charge in [0.1, 0.15) is 16.6 Å². The molecule has 0 saturated carbocycles. The molecule has 2 saturated heterocycles. The summed E-state index contributed by atoms with van der Waals surface area (Å²) < 4.78 is 0. The predicted molar refractivity (Wildman–Crippen MR) is 132 cm³/mol. The van der Waals surface area contributed by atoms with Crippen LogP contribution < -0.4 is 21.3 Å². The first-order chi connectivity index (χ1) is 17.2. The van der Waals surface area contributed by atoms with E-state index in [1.807, 2.05) is 0 Å². The highest BCUT2D eigenvalue weighted by Crippen LogP contribution is 2.56. The van der Waals surface area contributed by atoms with Gasteiger partial charge in [-0.25, -0.2) is 4.90 Å². The van der Waals surface area contributed by atoms with Crippen LogP contribution in [0.5, 0.6) is 0 Å². The lowest BCUT2D eigenvalue weighted by molar-refractivity contribution is -0.130. The molecule has 3 aliphatic heterocycles. The maximum Gasteiger partial charge on any atom is 0.250 e. The van der Waals surface area contributed by atoms with Crippen LogP contribution in [0.25, 0.3) is 0 Å². The second-order valence-electron chi connectivity index (χ2n) is 9.80. The Bertz CT molecular complexity index is 1440. The van der Waals surface area contributed by atoms with Crippen molar-refractivity contribution in [3.05, 3.63) is 44.3 Å². The molecule has 184 valence electrons. The first kappa shape index (κ1) is 23.2. The number of primary amides is 1. The van der Waals surface area contributed by atoms with Crippen LogP contribution in [0.3, 0.4) is 0 Å². The summed E-state index contributed by atoms with van der Waals surface area (Å²) in [7, 11) is 0. The van der Waals surface area contributed by atoms with E-state index in [0.717, 1.165) is 41.0 Å². The van der Waals surface area contributed by atoms with Crippen molar-refractivity contribution in [3.8, 4) is 6.07 Å². The smallest absolute Gasteiger partial charge is 0.250 e. The fraction of sp³-hybridized carbons (Fsp3) is 0.400. The van der Waals surface area contributed by atoms with E-state index in [1.54, 1.807) is 19.1 Å². The van der Waals surface area contributed by atoms with Gasteiger partial charge in [-0.05, 0) is 49.8 Å². The Morgan fingerprint density at radius 3 is 2.75 bits per heavy atom. The van der Waals surface area contributed by atoms with Gasteiger partial charge in [-0.3, -0.25) is 24.5 Å². The molecule has 1 aliphatic carbocycles. The van der Waals surface area contributed by atoms with Crippen molar-refractivity contribution in [2.75, 3.05) is 10.2 Å². The number of carbonyl (C=O) groups excluding carboxylic acids is 4. The molecule has 11 heteroatoms. The molecule has 2 unspecified atom stereocenters. The van der Waals surface area contributed by atoms with Gasteiger partial charge in [0, 0.05) is 27.9 Å². The first-order valence-corrected chi connectivity index (χ1v) is 13.0. The molecule has 1 spiro atoms. The number of hydrogen-bond donors (Lipinski definition) is 3. The van der Waals surface area contributed by atoms with Gasteiger partial charge < -0.3 is 11.1 Å². The number of aryl methyl sites for hydroxylation is 1. The van der Waals surface area contributed by atoms with Crippen LogP contribution in [-0.4, -0.2) is 29.7 Å². The van der Waals surface area contributed by atoms with Crippen LogP contribution in [0.4, 0.5) is 10.7 Å².